The Balaban J connectivity index is 2.50. The Morgan fingerprint density at radius 3 is 2.03 bits per heavy atom. The van der Waals surface area contributed by atoms with Gasteiger partial charge in [0.05, 0.1) is 35.3 Å². The van der Waals surface area contributed by atoms with Crippen molar-refractivity contribution in [3.63, 3.8) is 0 Å². The lowest BCUT2D eigenvalue weighted by Gasteiger charge is -2.29. The van der Waals surface area contributed by atoms with Crippen molar-refractivity contribution < 1.29 is 24.4 Å². The topological polar surface area (TPSA) is 148 Å². The highest BCUT2D eigenvalue weighted by atomic mass is 16.6. The molecule has 10 nitrogen and oxygen atoms in total. The highest BCUT2D eigenvalue weighted by Gasteiger charge is 2.30. The molecular weight excluding hydrogens is 414 g/mol. The molecular formula is C22H41N5O5. The second-order valence-electron chi connectivity index (χ2n) is 9.47. The molecule has 1 saturated heterocycles. The predicted molar refractivity (Wildman–Crippen MR) is 124 cm³/mol. The summed E-state index contributed by atoms with van der Waals surface area (Å²) in [4.78, 5) is 28.1. The van der Waals surface area contributed by atoms with Crippen LogP contribution in [0.25, 0.3) is 0 Å². The highest BCUT2D eigenvalue weighted by Crippen LogP contribution is 2.17. The van der Waals surface area contributed by atoms with Crippen LogP contribution in [0.5, 0.6) is 0 Å². The van der Waals surface area contributed by atoms with Crippen LogP contribution >= 0.6 is 0 Å². The van der Waals surface area contributed by atoms with Gasteiger partial charge >= 0.3 is 11.9 Å². The fourth-order valence-electron chi connectivity index (χ4n) is 3.22. The van der Waals surface area contributed by atoms with Gasteiger partial charge in [0.1, 0.15) is 6.10 Å². The summed E-state index contributed by atoms with van der Waals surface area (Å²) < 4.78 is 4.50. The molecule has 184 valence electrons. The summed E-state index contributed by atoms with van der Waals surface area (Å²) in [5.74, 6) is -0.719. The minimum atomic E-state index is -0.584. The van der Waals surface area contributed by atoms with Crippen LogP contribution in [-0.4, -0.2) is 65.4 Å². The first-order valence-corrected chi connectivity index (χ1v) is 11.2. The van der Waals surface area contributed by atoms with Crippen molar-refractivity contribution in [3.8, 4) is 0 Å². The number of nitrogens with zero attached hydrogens (tertiary/aromatic N) is 2. The lowest BCUT2D eigenvalue weighted by Crippen LogP contribution is -2.47. The number of ether oxygens (including phenoxy) is 1. The van der Waals surface area contributed by atoms with Crippen molar-refractivity contribution in [2.75, 3.05) is 19.6 Å². The number of hydrogen-bond donors (Lipinski definition) is 4. The minimum absolute atomic E-state index is 0.0195. The first-order chi connectivity index (χ1) is 14.9. The van der Waals surface area contributed by atoms with Gasteiger partial charge in [-0.3, -0.25) is 9.59 Å². The molecule has 0 radical (unpaired) electrons. The van der Waals surface area contributed by atoms with Crippen LogP contribution < -0.4 is 16.4 Å². The third-order valence-corrected chi connectivity index (χ3v) is 6.13. The Labute approximate surface area is 191 Å². The van der Waals surface area contributed by atoms with Crippen molar-refractivity contribution in [1.82, 2.24) is 10.6 Å². The van der Waals surface area contributed by atoms with Gasteiger partial charge in [0, 0.05) is 0 Å². The third kappa shape index (κ3) is 9.62. The molecule has 1 atom stereocenters. The highest BCUT2D eigenvalue weighted by molar-refractivity contribution is 5.91. The predicted octanol–water partition coefficient (Wildman–Crippen LogP) is 1.94. The normalized spacial score (nSPS) is 18.0. The van der Waals surface area contributed by atoms with Crippen LogP contribution in [0.4, 0.5) is 0 Å². The molecule has 5 N–H and O–H groups in total. The van der Waals surface area contributed by atoms with Crippen LogP contribution in [0.15, 0.2) is 10.3 Å². The molecule has 1 unspecified atom stereocenters. The van der Waals surface area contributed by atoms with Crippen molar-refractivity contribution in [2.45, 2.75) is 90.8 Å². The molecule has 0 aliphatic carbocycles. The maximum atomic E-state index is 11.3. The summed E-state index contributed by atoms with van der Waals surface area (Å²) in [6.07, 6.45) is 2.30. The molecule has 32 heavy (non-hydrogen) atoms. The molecule has 1 aliphatic heterocycles. The summed E-state index contributed by atoms with van der Waals surface area (Å²) in [6, 6.07) is 0. The van der Waals surface area contributed by atoms with Crippen LogP contribution in [-0.2, 0) is 19.2 Å². The Hall–Kier alpha value is -2.04. The van der Waals surface area contributed by atoms with Gasteiger partial charge in [0.25, 0.3) is 0 Å². The van der Waals surface area contributed by atoms with E-state index < -0.39 is 23.6 Å². The van der Waals surface area contributed by atoms with E-state index in [0.717, 1.165) is 38.1 Å². The van der Waals surface area contributed by atoms with Gasteiger partial charge in [-0.15, -0.1) is 0 Å². The Morgan fingerprint density at radius 2 is 1.56 bits per heavy atom. The quantitative estimate of drug-likeness (QED) is 0.102. The van der Waals surface area contributed by atoms with Gasteiger partial charge < -0.3 is 31.1 Å². The fourth-order valence-corrected chi connectivity index (χ4v) is 3.22. The van der Waals surface area contributed by atoms with E-state index in [9.17, 15) is 9.59 Å². The Morgan fingerprint density at radius 1 is 1.06 bits per heavy atom. The summed E-state index contributed by atoms with van der Waals surface area (Å²) in [5, 5.41) is 23.4. The van der Waals surface area contributed by atoms with E-state index in [4.69, 9.17) is 15.8 Å². The number of carbonyl (C=O) groups is 2. The second kappa shape index (κ2) is 12.9. The van der Waals surface area contributed by atoms with Crippen molar-refractivity contribution >= 4 is 23.4 Å². The Bertz CT molecular complexity index is 674. The lowest BCUT2D eigenvalue weighted by molar-refractivity contribution is -0.169. The van der Waals surface area contributed by atoms with E-state index in [0.29, 0.717) is 18.2 Å². The molecule has 1 fully saturated rings. The minimum Gasteiger partial charge on any atom is -0.411 e. The van der Waals surface area contributed by atoms with E-state index in [1.165, 1.54) is 0 Å². The molecule has 0 bridgehead atoms. The van der Waals surface area contributed by atoms with E-state index in [-0.39, 0.29) is 18.4 Å². The smallest absolute Gasteiger partial charge is 0.317 e. The van der Waals surface area contributed by atoms with Crippen LogP contribution in [0.2, 0.25) is 0 Å². The van der Waals surface area contributed by atoms with Gasteiger partial charge in [-0.1, -0.05) is 10.3 Å². The summed E-state index contributed by atoms with van der Waals surface area (Å²) in [5.41, 5.74) is 6.39. The van der Waals surface area contributed by atoms with E-state index >= 15 is 0 Å². The zero-order valence-electron chi connectivity index (χ0n) is 20.4. The molecule has 0 aromatic carbocycles. The number of rotatable bonds is 14. The van der Waals surface area contributed by atoms with Gasteiger partial charge in [0.2, 0.25) is 0 Å². The summed E-state index contributed by atoms with van der Waals surface area (Å²) >= 11 is 0. The number of carbonyl (C=O) groups excluding carboxylic acids is 2. The van der Waals surface area contributed by atoms with Crippen LogP contribution in [0, 0.1) is 5.92 Å². The molecule has 0 aromatic rings. The number of esters is 2. The largest absolute Gasteiger partial charge is 0.411 e. The number of cyclic esters (lactones) is 2. The zero-order chi connectivity index (χ0) is 24.4. The average Bonchev–Trinajstić information content (AvgIpc) is 2.70. The van der Waals surface area contributed by atoms with Crippen molar-refractivity contribution in [1.29, 1.82) is 0 Å². The van der Waals surface area contributed by atoms with Gasteiger partial charge in [0.15, 0.2) is 0 Å². The Kier molecular flexibility index (Phi) is 11.2. The van der Waals surface area contributed by atoms with Crippen molar-refractivity contribution in [3.05, 3.63) is 0 Å². The molecule has 0 spiro atoms. The summed E-state index contributed by atoms with van der Waals surface area (Å²) in [6.45, 7) is 13.8. The van der Waals surface area contributed by atoms with Crippen LogP contribution in [0.3, 0.4) is 0 Å². The summed E-state index contributed by atoms with van der Waals surface area (Å²) in [7, 11) is 0. The number of oxime groups is 2. The standard InChI is InChI=1S/C22H41N5O5/c1-15(26-30)21(3,4)24-11-8-17(7-10-23)9-12-25-22(5,6)16(2)27-32-18-13-19(28)31-20(29)14-18/h17-18,24-25,30H,7-14,23H2,1-6H3/b26-15-,27-16-. The lowest BCUT2D eigenvalue weighted by atomic mass is 9.94. The van der Waals surface area contributed by atoms with Gasteiger partial charge in [-0.25, -0.2) is 0 Å². The molecule has 0 amide bonds. The van der Waals surface area contributed by atoms with Crippen molar-refractivity contribution in [2.24, 2.45) is 22.0 Å². The average molecular weight is 456 g/mol. The van der Waals surface area contributed by atoms with E-state index in [1.807, 2.05) is 34.6 Å². The molecule has 0 saturated carbocycles. The van der Waals surface area contributed by atoms with Gasteiger partial charge in [-0.05, 0) is 86.4 Å². The molecule has 1 aliphatic rings. The maximum absolute atomic E-state index is 11.3. The third-order valence-electron chi connectivity index (χ3n) is 6.13. The monoisotopic (exact) mass is 455 g/mol. The molecule has 10 heteroatoms. The van der Waals surface area contributed by atoms with Gasteiger partial charge in [-0.2, -0.15) is 0 Å². The van der Waals surface area contributed by atoms with Crippen LogP contribution in [0.1, 0.15) is 73.6 Å². The first kappa shape index (κ1) is 28.0. The fraction of sp³-hybridized carbons (Fsp3) is 0.818. The maximum Gasteiger partial charge on any atom is 0.317 e. The van der Waals surface area contributed by atoms with E-state index in [2.05, 4.69) is 25.7 Å². The first-order valence-electron chi connectivity index (χ1n) is 11.2. The number of nitrogens with two attached hydrogens (primary N) is 1. The molecule has 1 rings (SSSR count). The number of hydrogen-bond acceptors (Lipinski definition) is 10. The number of nitrogens with one attached hydrogen (secondary N) is 2. The second-order valence-corrected chi connectivity index (χ2v) is 9.47. The molecule has 0 aromatic heterocycles. The SMILES string of the molecule is C/C(=N/O)C(C)(C)NCCC(CCN)CCNC(C)(C)/C(C)=N\OC1CC(=O)OC(=O)C1. The molecule has 1 heterocycles. The zero-order valence-corrected chi connectivity index (χ0v) is 20.4. The van der Waals surface area contributed by atoms with E-state index in [1.54, 1.807) is 6.92 Å².